The van der Waals surface area contributed by atoms with Crippen molar-refractivity contribution >= 4 is 28.7 Å². The van der Waals surface area contributed by atoms with E-state index in [4.69, 9.17) is 0 Å². The first-order chi connectivity index (χ1) is 11.6. The standard InChI is InChI=1S/C20H15NO3/c22-17-10-13(9-16-11-18(23)21-20(24)19(16)17)7-12-5-6-14-3-1-2-4-15(14)8-12/h1-9,11,22-23H,10H2,(H,21,24). The molecule has 1 heterocycles. The summed E-state index contributed by atoms with van der Waals surface area (Å²) in [5.41, 5.74) is 1.41. The molecule has 0 saturated heterocycles. The van der Waals surface area contributed by atoms with Gasteiger partial charge in [-0.15, -0.1) is 0 Å². The topological polar surface area (TPSA) is 73.3 Å². The molecule has 24 heavy (non-hydrogen) atoms. The number of pyridine rings is 1. The number of nitrogens with one attached hydrogen (secondary N) is 1. The summed E-state index contributed by atoms with van der Waals surface area (Å²) in [4.78, 5) is 14.2. The molecule has 0 fully saturated rings. The summed E-state index contributed by atoms with van der Waals surface area (Å²) >= 11 is 0. The number of aliphatic hydroxyl groups is 1. The lowest BCUT2D eigenvalue weighted by molar-refractivity contribution is 0.449. The summed E-state index contributed by atoms with van der Waals surface area (Å²) < 4.78 is 0. The summed E-state index contributed by atoms with van der Waals surface area (Å²) in [6.45, 7) is 0. The zero-order valence-electron chi connectivity index (χ0n) is 12.8. The minimum atomic E-state index is -0.483. The third-order valence-electron chi connectivity index (χ3n) is 4.18. The summed E-state index contributed by atoms with van der Waals surface area (Å²) in [5.74, 6) is -0.199. The number of hydrogen-bond donors (Lipinski definition) is 3. The fourth-order valence-corrected chi connectivity index (χ4v) is 3.11. The van der Waals surface area contributed by atoms with Gasteiger partial charge in [-0.1, -0.05) is 48.6 Å². The van der Waals surface area contributed by atoms with Crippen molar-refractivity contribution in [1.82, 2.24) is 4.98 Å². The predicted molar refractivity (Wildman–Crippen MR) is 95.0 cm³/mol. The molecule has 0 atom stereocenters. The van der Waals surface area contributed by atoms with Crippen molar-refractivity contribution in [2.75, 3.05) is 0 Å². The van der Waals surface area contributed by atoms with E-state index in [0.717, 1.165) is 16.5 Å². The third kappa shape index (κ3) is 2.48. The second kappa shape index (κ2) is 5.42. The Morgan fingerprint density at radius 1 is 1.00 bits per heavy atom. The molecular weight excluding hydrogens is 302 g/mol. The fourth-order valence-electron chi connectivity index (χ4n) is 3.11. The van der Waals surface area contributed by atoms with Gasteiger partial charge in [0.2, 0.25) is 0 Å². The Morgan fingerprint density at radius 3 is 2.62 bits per heavy atom. The molecular formula is C20H15NO3. The van der Waals surface area contributed by atoms with Gasteiger partial charge in [-0.25, -0.2) is 0 Å². The van der Waals surface area contributed by atoms with Crippen LogP contribution in [-0.4, -0.2) is 15.2 Å². The van der Waals surface area contributed by atoms with Crippen LogP contribution in [0.5, 0.6) is 5.88 Å². The van der Waals surface area contributed by atoms with Gasteiger partial charge >= 0.3 is 0 Å². The van der Waals surface area contributed by atoms with Crippen LogP contribution in [0.4, 0.5) is 0 Å². The Bertz CT molecular complexity index is 1170. The number of H-pyrrole nitrogens is 1. The number of aliphatic hydroxyl groups excluding tert-OH is 1. The monoisotopic (exact) mass is 317 g/mol. The Morgan fingerprint density at radius 2 is 1.79 bits per heavy atom. The van der Waals surface area contributed by atoms with Crippen LogP contribution in [-0.2, 0) is 0 Å². The van der Waals surface area contributed by atoms with Crippen molar-refractivity contribution in [3.05, 3.63) is 80.5 Å². The van der Waals surface area contributed by atoms with Gasteiger partial charge in [0.15, 0.2) is 5.88 Å². The first-order valence-electron chi connectivity index (χ1n) is 7.66. The molecule has 1 aromatic heterocycles. The molecule has 3 N–H and O–H groups in total. The second-order valence-corrected chi connectivity index (χ2v) is 5.91. The number of aromatic hydroxyl groups is 1. The Kier molecular flexibility index (Phi) is 3.24. The largest absolute Gasteiger partial charge is 0.511 e. The van der Waals surface area contributed by atoms with Crippen LogP contribution < -0.4 is 16.0 Å². The zero-order valence-corrected chi connectivity index (χ0v) is 12.8. The maximum atomic E-state index is 11.9. The van der Waals surface area contributed by atoms with Crippen LogP contribution in [0.2, 0.25) is 0 Å². The van der Waals surface area contributed by atoms with Crippen LogP contribution in [0, 0.1) is 0 Å². The van der Waals surface area contributed by atoms with Crippen LogP contribution in [0.25, 0.3) is 28.7 Å². The summed E-state index contributed by atoms with van der Waals surface area (Å²) in [6, 6.07) is 15.7. The van der Waals surface area contributed by atoms with Crippen LogP contribution in [0.3, 0.4) is 0 Å². The lowest BCUT2D eigenvalue weighted by Crippen LogP contribution is -2.43. The molecule has 3 aromatic rings. The molecule has 1 aliphatic carbocycles. The highest BCUT2D eigenvalue weighted by Gasteiger charge is 2.11. The highest BCUT2D eigenvalue weighted by Crippen LogP contribution is 2.20. The third-order valence-corrected chi connectivity index (χ3v) is 4.18. The molecule has 0 bridgehead atoms. The van der Waals surface area contributed by atoms with Crippen molar-refractivity contribution < 1.29 is 10.2 Å². The van der Waals surface area contributed by atoms with E-state index in [1.165, 1.54) is 11.5 Å². The highest BCUT2D eigenvalue weighted by atomic mass is 16.3. The Hall–Kier alpha value is -3.27. The fraction of sp³-hybridized carbons (Fsp3) is 0.0500. The molecule has 118 valence electrons. The average molecular weight is 317 g/mol. The maximum Gasteiger partial charge on any atom is 0.261 e. The van der Waals surface area contributed by atoms with Gasteiger partial charge in [-0.3, -0.25) is 9.78 Å². The number of rotatable bonds is 1. The second-order valence-electron chi connectivity index (χ2n) is 5.91. The van der Waals surface area contributed by atoms with Gasteiger partial charge in [-0.2, -0.15) is 0 Å². The van der Waals surface area contributed by atoms with Crippen LogP contribution in [0.15, 0.2) is 58.9 Å². The molecule has 0 aliphatic heterocycles. The van der Waals surface area contributed by atoms with E-state index in [2.05, 4.69) is 29.2 Å². The van der Waals surface area contributed by atoms with E-state index in [0.29, 0.717) is 5.22 Å². The van der Waals surface area contributed by atoms with Crippen LogP contribution in [0.1, 0.15) is 12.0 Å². The van der Waals surface area contributed by atoms with Crippen molar-refractivity contribution in [1.29, 1.82) is 0 Å². The summed E-state index contributed by atoms with van der Waals surface area (Å²) in [7, 11) is 0. The first-order valence-corrected chi connectivity index (χ1v) is 7.66. The van der Waals surface area contributed by atoms with E-state index < -0.39 is 5.56 Å². The van der Waals surface area contributed by atoms with Gasteiger partial charge in [0.05, 0.1) is 5.22 Å². The minimum Gasteiger partial charge on any atom is -0.511 e. The van der Waals surface area contributed by atoms with Gasteiger partial charge in [0.25, 0.3) is 5.56 Å². The molecule has 0 radical (unpaired) electrons. The molecule has 0 saturated carbocycles. The van der Waals surface area contributed by atoms with Crippen molar-refractivity contribution in [3.8, 4) is 5.88 Å². The van der Waals surface area contributed by atoms with Gasteiger partial charge in [0, 0.05) is 12.5 Å². The van der Waals surface area contributed by atoms with Gasteiger partial charge in [0.1, 0.15) is 5.76 Å². The number of benzene rings is 2. The molecule has 4 nitrogen and oxygen atoms in total. The van der Waals surface area contributed by atoms with E-state index in [1.54, 1.807) is 0 Å². The van der Waals surface area contributed by atoms with E-state index >= 15 is 0 Å². The van der Waals surface area contributed by atoms with Crippen molar-refractivity contribution in [2.45, 2.75) is 6.42 Å². The Labute approximate surface area is 137 Å². The summed E-state index contributed by atoms with van der Waals surface area (Å²) in [5, 5.41) is 22.8. The number of aromatic nitrogens is 1. The van der Waals surface area contributed by atoms with E-state index in [-0.39, 0.29) is 23.3 Å². The highest BCUT2D eigenvalue weighted by molar-refractivity contribution is 5.85. The van der Waals surface area contributed by atoms with Crippen molar-refractivity contribution in [3.63, 3.8) is 0 Å². The van der Waals surface area contributed by atoms with E-state index in [1.807, 2.05) is 30.4 Å². The first kappa shape index (κ1) is 14.3. The Balaban J connectivity index is 1.86. The van der Waals surface area contributed by atoms with Gasteiger partial charge < -0.3 is 10.2 Å². The SMILES string of the molecule is O=c1[nH]c(O)cc2c1=C(O)CC(=Cc1ccc3ccccc3c1)C=2. The minimum absolute atomic E-state index is 0.0146. The molecule has 2 aromatic carbocycles. The van der Waals surface area contributed by atoms with E-state index in [9.17, 15) is 15.0 Å². The number of fused-ring (bicyclic) bond motifs is 2. The zero-order chi connectivity index (χ0) is 16.7. The maximum absolute atomic E-state index is 11.9. The lowest BCUT2D eigenvalue weighted by Gasteiger charge is -2.09. The predicted octanol–water partition coefficient (Wildman–Crippen LogP) is 2.17. The molecule has 4 heteroatoms. The normalized spacial score (nSPS) is 15.3. The molecule has 1 aliphatic rings. The smallest absolute Gasteiger partial charge is 0.261 e. The molecule has 0 amide bonds. The average Bonchev–Trinajstić information content (AvgIpc) is 2.53. The van der Waals surface area contributed by atoms with Crippen molar-refractivity contribution in [2.24, 2.45) is 0 Å². The van der Waals surface area contributed by atoms with Crippen LogP contribution >= 0.6 is 0 Å². The quantitative estimate of drug-likeness (QED) is 0.644. The molecule has 0 unspecified atom stereocenters. The molecule has 4 rings (SSSR count). The number of hydrogen-bond acceptors (Lipinski definition) is 3. The number of aromatic amines is 1. The molecule has 0 spiro atoms. The lowest BCUT2D eigenvalue weighted by atomic mass is 9.99. The summed E-state index contributed by atoms with van der Waals surface area (Å²) in [6.07, 6.45) is 4.08. The van der Waals surface area contributed by atoms with Gasteiger partial charge in [-0.05, 0) is 33.2 Å².